The van der Waals surface area contributed by atoms with Gasteiger partial charge in [-0.2, -0.15) is 0 Å². The Balaban J connectivity index is 2.30. The lowest BCUT2D eigenvalue weighted by Gasteiger charge is -2.08. The normalized spacial score (nSPS) is 10.9. The zero-order chi connectivity index (χ0) is 14.3. The number of methoxy groups -OCH3 is 1. The highest BCUT2D eigenvalue weighted by atomic mass is 79.9. The van der Waals surface area contributed by atoms with Crippen molar-refractivity contribution in [3.05, 3.63) is 45.3 Å². The molecule has 0 aliphatic heterocycles. The number of rotatable bonds is 2. The van der Waals surface area contributed by atoms with Crippen molar-refractivity contribution in [1.29, 1.82) is 0 Å². The highest BCUT2D eigenvalue weighted by Crippen LogP contribution is 2.29. The van der Waals surface area contributed by atoms with Gasteiger partial charge in [0.15, 0.2) is 10.4 Å². The van der Waals surface area contributed by atoms with Crippen LogP contribution in [-0.4, -0.2) is 21.6 Å². The zero-order valence-electron chi connectivity index (χ0n) is 11.0. The van der Waals surface area contributed by atoms with Gasteiger partial charge in [0.2, 0.25) is 0 Å². The Hall–Kier alpha value is -1.66. The van der Waals surface area contributed by atoms with Gasteiger partial charge in [-0.05, 0) is 64.9 Å². The van der Waals surface area contributed by atoms with Crippen LogP contribution in [0.25, 0.3) is 16.9 Å². The van der Waals surface area contributed by atoms with E-state index in [0.717, 1.165) is 32.6 Å². The Kier molecular flexibility index (Phi) is 3.35. The topological polar surface area (TPSA) is 42.8 Å². The zero-order valence-corrected chi connectivity index (χ0v) is 13.4. The van der Waals surface area contributed by atoms with Crippen LogP contribution in [0.1, 0.15) is 5.56 Å². The average molecular weight is 350 g/mol. The highest BCUT2D eigenvalue weighted by molar-refractivity contribution is 9.10. The average Bonchev–Trinajstić information content (AvgIpc) is 2.76. The standard InChI is InChI=1S/C14H12BrN3OS/c1-8-5-6-16-13-12(8)17-14(20)18(13)9-3-4-11(19-2)10(15)7-9/h3-7H,1-2H3,(H,17,20). The first-order valence-corrected chi connectivity index (χ1v) is 7.22. The maximum absolute atomic E-state index is 5.42. The molecule has 0 saturated carbocycles. The Morgan fingerprint density at radius 2 is 2.15 bits per heavy atom. The molecular weight excluding hydrogens is 338 g/mol. The predicted molar refractivity (Wildman–Crippen MR) is 85.2 cm³/mol. The number of aryl methyl sites for hydroxylation is 1. The van der Waals surface area contributed by atoms with Crippen LogP contribution in [0, 0.1) is 11.7 Å². The Morgan fingerprint density at radius 1 is 1.35 bits per heavy atom. The van der Waals surface area contributed by atoms with E-state index in [1.165, 1.54) is 0 Å². The van der Waals surface area contributed by atoms with Crippen molar-refractivity contribution in [3.8, 4) is 11.4 Å². The molecule has 1 aromatic carbocycles. The molecule has 4 nitrogen and oxygen atoms in total. The van der Waals surface area contributed by atoms with Gasteiger partial charge in [0.1, 0.15) is 5.75 Å². The molecule has 0 unspecified atom stereocenters. The molecule has 0 radical (unpaired) electrons. The van der Waals surface area contributed by atoms with Gasteiger partial charge in [-0.15, -0.1) is 0 Å². The second kappa shape index (κ2) is 5.03. The first kappa shape index (κ1) is 13.3. The summed E-state index contributed by atoms with van der Waals surface area (Å²) in [6.07, 6.45) is 1.79. The number of nitrogens with one attached hydrogen (secondary N) is 1. The first-order chi connectivity index (χ1) is 9.61. The van der Waals surface area contributed by atoms with E-state index in [9.17, 15) is 0 Å². The van der Waals surface area contributed by atoms with Crippen molar-refractivity contribution in [2.75, 3.05) is 7.11 Å². The highest BCUT2D eigenvalue weighted by Gasteiger charge is 2.11. The summed E-state index contributed by atoms with van der Waals surface area (Å²) >= 11 is 8.91. The number of hydrogen-bond acceptors (Lipinski definition) is 3. The fourth-order valence-corrected chi connectivity index (χ4v) is 2.98. The van der Waals surface area contributed by atoms with Crippen molar-refractivity contribution in [3.63, 3.8) is 0 Å². The van der Waals surface area contributed by atoms with E-state index in [4.69, 9.17) is 17.0 Å². The number of pyridine rings is 1. The number of fused-ring (bicyclic) bond motifs is 1. The second-order valence-electron chi connectivity index (χ2n) is 4.41. The maximum atomic E-state index is 5.42. The maximum Gasteiger partial charge on any atom is 0.184 e. The fraction of sp³-hybridized carbons (Fsp3) is 0.143. The predicted octanol–water partition coefficient (Wildman–Crippen LogP) is 4.16. The molecule has 0 fully saturated rings. The van der Waals surface area contributed by atoms with Crippen LogP contribution < -0.4 is 4.74 Å². The van der Waals surface area contributed by atoms with Crippen molar-refractivity contribution >= 4 is 39.3 Å². The van der Waals surface area contributed by atoms with Crippen LogP contribution in [0.4, 0.5) is 0 Å². The summed E-state index contributed by atoms with van der Waals surface area (Å²) in [5, 5.41) is 0. The van der Waals surface area contributed by atoms with Gasteiger partial charge in [0.25, 0.3) is 0 Å². The lowest BCUT2D eigenvalue weighted by atomic mass is 10.2. The van der Waals surface area contributed by atoms with Gasteiger partial charge in [0.05, 0.1) is 22.8 Å². The number of benzene rings is 1. The minimum atomic E-state index is 0.624. The number of H-pyrrole nitrogens is 1. The van der Waals surface area contributed by atoms with Crippen LogP contribution in [-0.2, 0) is 0 Å². The molecular formula is C14H12BrN3OS. The number of aromatic amines is 1. The number of aromatic nitrogens is 3. The van der Waals surface area contributed by atoms with Crippen LogP contribution in [0.5, 0.6) is 5.75 Å². The van der Waals surface area contributed by atoms with E-state index >= 15 is 0 Å². The molecule has 0 amide bonds. The quantitative estimate of drug-likeness (QED) is 0.706. The Bertz CT molecular complexity index is 853. The van der Waals surface area contributed by atoms with Gasteiger partial charge < -0.3 is 9.72 Å². The summed E-state index contributed by atoms with van der Waals surface area (Å²) in [7, 11) is 1.64. The smallest absolute Gasteiger partial charge is 0.184 e. The molecule has 0 atom stereocenters. The third kappa shape index (κ3) is 2.05. The Morgan fingerprint density at radius 3 is 2.85 bits per heavy atom. The molecule has 20 heavy (non-hydrogen) atoms. The van der Waals surface area contributed by atoms with Crippen molar-refractivity contribution in [1.82, 2.24) is 14.5 Å². The third-order valence-corrected chi connectivity index (χ3v) is 4.08. The van der Waals surface area contributed by atoms with Crippen molar-refractivity contribution in [2.45, 2.75) is 6.92 Å². The van der Waals surface area contributed by atoms with Crippen LogP contribution in [0.2, 0.25) is 0 Å². The lowest BCUT2D eigenvalue weighted by molar-refractivity contribution is 0.412. The Labute approximate surface area is 129 Å². The number of ether oxygens (including phenoxy) is 1. The summed E-state index contributed by atoms with van der Waals surface area (Å²) in [6.45, 7) is 2.03. The fourth-order valence-electron chi connectivity index (χ4n) is 2.16. The molecule has 0 saturated heterocycles. The number of hydrogen-bond donors (Lipinski definition) is 1. The minimum absolute atomic E-state index is 0.624. The molecule has 0 aliphatic carbocycles. The summed E-state index contributed by atoms with van der Waals surface area (Å²) in [6, 6.07) is 7.78. The molecule has 2 aromatic heterocycles. The molecule has 2 heterocycles. The van der Waals surface area contributed by atoms with E-state index in [1.807, 2.05) is 35.8 Å². The molecule has 0 bridgehead atoms. The number of nitrogens with zero attached hydrogens (tertiary/aromatic N) is 2. The van der Waals surface area contributed by atoms with Gasteiger partial charge in [-0.3, -0.25) is 4.57 Å². The molecule has 0 aliphatic rings. The van der Waals surface area contributed by atoms with Gasteiger partial charge in [-0.1, -0.05) is 0 Å². The molecule has 3 rings (SSSR count). The van der Waals surface area contributed by atoms with Gasteiger partial charge in [0, 0.05) is 6.20 Å². The van der Waals surface area contributed by atoms with Crippen LogP contribution >= 0.6 is 28.1 Å². The van der Waals surface area contributed by atoms with Crippen LogP contribution in [0.3, 0.4) is 0 Å². The molecule has 102 valence electrons. The number of halogens is 1. The van der Waals surface area contributed by atoms with E-state index in [-0.39, 0.29) is 0 Å². The molecule has 1 N–H and O–H groups in total. The largest absolute Gasteiger partial charge is 0.496 e. The van der Waals surface area contributed by atoms with Gasteiger partial charge >= 0.3 is 0 Å². The summed E-state index contributed by atoms with van der Waals surface area (Å²) in [5.41, 5.74) is 3.84. The van der Waals surface area contributed by atoms with E-state index in [1.54, 1.807) is 13.3 Å². The molecule has 0 spiro atoms. The lowest BCUT2D eigenvalue weighted by Crippen LogP contribution is -1.96. The first-order valence-electron chi connectivity index (χ1n) is 6.02. The molecule has 3 aromatic rings. The van der Waals surface area contributed by atoms with Gasteiger partial charge in [-0.25, -0.2) is 4.98 Å². The van der Waals surface area contributed by atoms with E-state index in [0.29, 0.717) is 4.77 Å². The summed E-state index contributed by atoms with van der Waals surface area (Å²) in [5.74, 6) is 0.782. The monoisotopic (exact) mass is 349 g/mol. The minimum Gasteiger partial charge on any atom is -0.496 e. The SMILES string of the molecule is COc1ccc(-n2c(=S)[nH]c3c(C)ccnc32)cc1Br. The molecule has 6 heteroatoms. The van der Waals surface area contributed by atoms with Crippen molar-refractivity contribution < 1.29 is 4.74 Å². The van der Waals surface area contributed by atoms with Crippen molar-refractivity contribution in [2.24, 2.45) is 0 Å². The van der Waals surface area contributed by atoms with E-state index < -0.39 is 0 Å². The number of imidazole rings is 1. The van der Waals surface area contributed by atoms with E-state index in [2.05, 4.69) is 25.9 Å². The second-order valence-corrected chi connectivity index (χ2v) is 5.65. The summed E-state index contributed by atoms with van der Waals surface area (Å²) in [4.78, 5) is 7.64. The third-order valence-electron chi connectivity index (χ3n) is 3.18. The summed E-state index contributed by atoms with van der Waals surface area (Å²) < 4.78 is 8.67. The van der Waals surface area contributed by atoms with Crippen LogP contribution in [0.15, 0.2) is 34.9 Å².